The number of carbonyl (C=O) groups is 1. The minimum absolute atomic E-state index is 0.169. The Bertz CT molecular complexity index is 812. The lowest BCUT2D eigenvalue weighted by Crippen LogP contribution is -2.09. The number of halogens is 1. The average Bonchev–Trinajstić information content (AvgIpc) is 2.64. The Morgan fingerprint density at radius 2 is 2.21 bits per heavy atom. The normalized spacial score (nSPS) is 11.2. The smallest absolute Gasteiger partial charge is 0.323 e. The van der Waals surface area contributed by atoms with Crippen LogP contribution in [0.25, 0.3) is 21.9 Å². The summed E-state index contributed by atoms with van der Waals surface area (Å²) in [4.78, 5) is 19.1. The van der Waals surface area contributed by atoms with Crippen LogP contribution in [0.1, 0.15) is 0 Å². The summed E-state index contributed by atoms with van der Waals surface area (Å²) in [5, 5.41) is 10.5. The van der Waals surface area contributed by atoms with Crippen molar-refractivity contribution in [3.8, 4) is 0 Å². The third-order valence-corrected chi connectivity index (χ3v) is 3.42. The number of nitrogens with two attached hydrogens (primary N) is 1. The standard InChI is InChI=1S/C12H9BrN4O2/c13-6-1-2-8-7(3-6)10-11(14)15-5-16-12(10)17(8)4-9(18)19/h1-3,5H,4H2,(H,18,19)(H2,14,15,16). The molecule has 96 valence electrons. The summed E-state index contributed by atoms with van der Waals surface area (Å²) >= 11 is 3.40. The van der Waals surface area contributed by atoms with Crippen LogP contribution in [-0.4, -0.2) is 25.6 Å². The van der Waals surface area contributed by atoms with E-state index in [4.69, 9.17) is 10.8 Å². The number of nitrogen functional groups attached to an aromatic ring is 1. The van der Waals surface area contributed by atoms with Crippen LogP contribution in [0.4, 0.5) is 5.82 Å². The molecule has 3 rings (SSSR count). The van der Waals surface area contributed by atoms with Crippen molar-refractivity contribution in [2.24, 2.45) is 0 Å². The van der Waals surface area contributed by atoms with Crippen LogP contribution in [0.15, 0.2) is 29.0 Å². The van der Waals surface area contributed by atoms with E-state index in [0.29, 0.717) is 16.9 Å². The summed E-state index contributed by atoms with van der Waals surface area (Å²) in [7, 11) is 0. The van der Waals surface area contributed by atoms with Crippen molar-refractivity contribution in [1.82, 2.24) is 14.5 Å². The number of carboxylic acids is 1. The van der Waals surface area contributed by atoms with E-state index in [-0.39, 0.29) is 6.54 Å². The van der Waals surface area contributed by atoms with E-state index >= 15 is 0 Å². The summed E-state index contributed by atoms with van der Waals surface area (Å²) in [6, 6.07) is 5.57. The molecule has 3 N–H and O–H groups in total. The lowest BCUT2D eigenvalue weighted by molar-refractivity contribution is -0.137. The van der Waals surface area contributed by atoms with Gasteiger partial charge in [0.2, 0.25) is 0 Å². The highest BCUT2D eigenvalue weighted by atomic mass is 79.9. The molecule has 0 spiro atoms. The molecule has 0 amide bonds. The zero-order valence-corrected chi connectivity index (χ0v) is 11.3. The van der Waals surface area contributed by atoms with Gasteiger partial charge >= 0.3 is 5.97 Å². The van der Waals surface area contributed by atoms with Crippen molar-refractivity contribution in [1.29, 1.82) is 0 Å². The van der Waals surface area contributed by atoms with Crippen molar-refractivity contribution in [3.05, 3.63) is 29.0 Å². The fraction of sp³-hybridized carbons (Fsp3) is 0.0833. The third-order valence-electron chi connectivity index (χ3n) is 2.92. The number of aliphatic carboxylic acids is 1. The Balaban J connectivity index is 2.50. The fourth-order valence-corrected chi connectivity index (χ4v) is 2.57. The molecule has 19 heavy (non-hydrogen) atoms. The SMILES string of the molecule is Nc1ncnc2c1c1cc(Br)ccc1n2CC(=O)O. The molecule has 0 fully saturated rings. The van der Waals surface area contributed by atoms with Crippen molar-refractivity contribution in [3.63, 3.8) is 0 Å². The number of aromatic nitrogens is 3. The predicted molar refractivity (Wildman–Crippen MR) is 74.8 cm³/mol. The molecule has 1 aromatic carbocycles. The molecular weight excluding hydrogens is 312 g/mol. The Morgan fingerprint density at radius 3 is 2.95 bits per heavy atom. The minimum atomic E-state index is -0.932. The largest absolute Gasteiger partial charge is 0.480 e. The Morgan fingerprint density at radius 1 is 1.42 bits per heavy atom. The second-order valence-corrected chi connectivity index (χ2v) is 5.01. The summed E-state index contributed by atoms with van der Waals surface area (Å²) in [5.41, 5.74) is 7.19. The van der Waals surface area contributed by atoms with Crippen molar-refractivity contribution in [2.45, 2.75) is 6.54 Å². The van der Waals surface area contributed by atoms with E-state index in [1.165, 1.54) is 6.33 Å². The maximum Gasteiger partial charge on any atom is 0.323 e. The van der Waals surface area contributed by atoms with Gasteiger partial charge in [-0.1, -0.05) is 15.9 Å². The molecule has 0 saturated heterocycles. The minimum Gasteiger partial charge on any atom is -0.480 e. The number of benzene rings is 1. The molecular formula is C12H9BrN4O2. The highest BCUT2D eigenvalue weighted by Gasteiger charge is 2.16. The predicted octanol–water partition coefficient (Wildman–Crippen LogP) is 2.01. The maximum atomic E-state index is 11.0. The summed E-state index contributed by atoms with van der Waals surface area (Å²) in [6.45, 7) is -0.169. The van der Waals surface area contributed by atoms with Crippen LogP contribution >= 0.6 is 15.9 Å². The zero-order valence-electron chi connectivity index (χ0n) is 9.67. The van der Waals surface area contributed by atoms with Crippen molar-refractivity contribution in [2.75, 3.05) is 5.73 Å². The molecule has 2 aromatic heterocycles. The van der Waals surface area contributed by atoms with E-state index in [1.54, 1.807) is 4.57 Å². The number of anilines is 1. The molecule has 0 atom stereocenters. The molecule has 7 heteroatoms. The van der Waals surface area contributed by atoms with Gasteiger partial charge < -0.3 is 15.4 Å². The molecule has 0 bridgehead atoms. The van der Waals surface area contributed by atoms with Crippen molar-refractivity contribution < 1.29 is 9.90 Å². The molecule has 0 radical (unpaired) electrons. The van der Waals surface area contributed by atoms with Gasteiger partial charge in [0.1, 0.15) is 24.3 Å². The average molecular weight is 321 g/mol. The van der Waals surface area contributed by atoms with Gasteiger partial charge in [0.25, 0.3) is 0 Å². The van der Waals surface area contributed by atoms with E-state index in [9.17, 15) is 4.79 Å². The zero-order chi connectivity index (χ0) is 13.6. The fourth-order valence-electron chi connectivity index (χ4n) is 2.21. The Kier molecular flexibility index (Phi) is 2.63. The van der Waals surface area contributed by atoms with Crippen LogP contribution in [0.2, 0.25) is 0 Å². The van der Waals surface area contributed by atoms with Gasteiger partial charge in [0.15, 0.2) is 0 Å². The lowest BCUT2D eigenvalue weighted by atomic mass is 10.2. The van der Waals surface area contributed by atoms with E-state index in [2.05, 4.69) is 25.9 Å². The Hall–Kier alpha value is -2.15. The quantitative estimate of drug-likeness (QED) is 0.753. The van der Waals surface area contributed by atoms with Gasteiger partial charge in [-0.2, -0.15) is 0 Å². The molecule has 2 heterocycles. The molecule has 0 saturated carbocycles. The van der Waals surface area contributed by atoms with E-state index < -0.39 is 5.97 Å². The van der Waals surface area contributed by atoms with Crippen LogP contribution in [-0.2, 0) is 11.3 Å². The first kappa shape index (κ1) is 11.9. The first-order valence-electron chi connectivity index (χ1n) is 5.47. The van der Waals surface area contributed by atoms with Gasteiger partial charge in [0, 0.05) is 9.86 Å². The highest BCUT2D eigenvalue weighted by Crippen LogP contribution is 2.32. The van der Waals surface area contributed by atoms with Crippen LogP contribution in [0, 0.1) is 0 Å². The Labute approximate surface area is 116 Å². The summed E-state index contributed by atoms with van der Waals surface area (Å²) < 4.78 is 2.51. The number of fused-ring (bicyclic) bond motifs is 3. The molecule has 3 aromatic rings. The molecule has 6 nitrogen and oxygen atoms in total. The van der Waals surface area contributed by atoms with Gasteiger partial charge in [0.05, 0.1) is 10.9 Å². The number of hydrogen-bond donors (Lipinski definition) is 2. The topological polar surface area (TPSA) is 94.0 Å². The first-order chi connectivity index (χ1) is 9.08. The van der Waals surface area contributed by atoms with Gasteiger partial charge in [-0.15, -0.1) is 0 Å². The van der Waals surface area contributed by atoms with Crippen LogP contribution in [0.5, 0.6) is 0 Å². The van der Waals surface area contributed by atoms with Crippen molar-refractivity contribution >= 4 is 49.7 Å². The molecule has 0 aliphatic carbocycles. The van der Waals surface area contributed by atoms with Gasteiger partial charge in [-0.05, 0) is 18.2 Å². The number of rotatable bonds is 2. The second kappa shape index (κ2) is 4.20. The number of nitrogens with zero attached hydrogens (tertiary/aromatic N) is 3. The van der Waals surface area contributed by atoms with Gasteiger partial charge in [-0.3, -0.25) is 4.79 Å². The molecule has 0 aliphatic heterocycles. The van der Waals surface area contributed by atoms with Gasteiger partial charge in [-0.25, -0.2) is 9.97 Å². The maximum absolute atomic E-state index is 11.0. The monoisotopic (exact) mass is 320 g/mol. The lowest BCUT2D eigenvalue weighted by Gasteiger charge is -2.02. The van der Waals surface area contributed by atoms with E-state index in [0.717, 1.165) is 15.4 Å². The molecule has 0 aliphatic rings. The van der Waals surface area contributed by atoms with Crippen LogP contribution < -0.4 is 5.73 Å². The second-order valence-electron chi connectivity index (χ2n) is 4.10. The highest BCUT2D eigenvalue weighted by molar-refractivity contribution is 9.10. The molecule has 0 unspecified atom stereocenters. The summed E-state index contributed by atoms with van der Waals surface area (Å²) in [5.74, 6) is -0.587. The van der Waals surface area contributed by atoms with E-state index in [1.807, 2.05) is 18.2 Å². The third kappa shape index (κ3) is 1.82. The number of hydrogen-bond acceptors (Lipinski definition) is 4. The number of carboxylic acid groups (broad SMARTS) is 1. The first-order valence-corrected chi connectivity index (χ1v) is 6.27. The summed E-state index contributed by atoms with van der Waals surface area (Å²) in [6.07, 6.45) is 1.34. The van der Waals surface area contributed by atoms with Crippen LogP contribution in [0.3, 0.4) is 0 Å².